The van der Waals surface area contributed by atoms with Crippen LogP contribution in [0.3, 0.4) is 0 Å². The molecule has 7 heteroatoms. The molecule has 0 saturated carbocycles. The summed E-state index contributed by atoms with van der Waals surface area (Å²) in [5.41, 5.74) is 4.67. The quantitative estimate of drug-likeness (QED) is 0.474. The summed E-state index contributed by atoms with van der Waals surface area (Å²) in [6, 6.07) is 13.7. The third-order valence-electron chi connectivity index (χ3n) is 3.63. The Morgan fingerprint density at radius 1 is 0.826 bits per heavy atom. The van der Waals surface area contributed by atoms with Crippen LogP contribution in [-0.2, 0) is 0 Å². The Kier molecular flexibility index (Phi) is 2.48. The molecule has 23 heavy (non-hydrogen) atoms. The molecule has 0 fully saturated rings. The lowest BCUT2D eigenvalue weighted by atomic mass is 10.2. The first-order chi connectivity index (χ1) is 11.3. The minimum atomic E-state index is 0.668. The zero-order chi connectivity index (χ0) is 15.4. The molecule has 0 aliphatic heterocycles. The van der Waals surface area contributed by atoms with E-state index in [2.05, 4.69) is 25.1 Å². The van der Waals surface area contributed by atoms with Crippen LogP contribution in [0.4, 0.5) is 0 Å². The van der Waals surface area contributed by atoms with Crippen molar-refractivity contribution < 1.29 is 0 Å². The highest BCUT2D eigenvalue weighted by atomic mass is 32.1. The molecule has 6 nitrogen and oxygen atoms in total. The summed E-state index contributed by atoms with van der Waals surface area (Å²) in [6.45, 7) is 1.96. The van der Waals surface area contributed by atoms with E-state index in [4.69, 9.17) is 0 Å². The first-order valence-electron chi connectivity index (χ1n) is 7.14. The highest BCUT2D eigenvalue weighted by molar-refractivity contribution is 7.18. The van der Waals surface area contributed by atoms with Crippen LogP contribution >= 0.6 is 11.3 Å². The van der Waals surface area contributed by atoms with Crippen molar-refractivity contribution >= 4 is 43.9 Å². The van der Waals surface area contributed by atoms with Crippen molar-refractivity contribution in [2.75, 3.05) is 0 Å². The number of thiazole rings is 1. The summed E-state index contributed by atoms with van der Waals surface area (Å²) in [7, 11) is 0. The Labute approximate surface area is 134 Å². The van der Waals surface area contributed by atoms with Crippen LogP contribution < -0.4 is 0 Å². The normalized spacial score (nSPS) is 11.7. The minimum Gasteiger partial charge on any atom is -0.232 e. The molecule has 0 bridgehead atoms. The molecule has 3 heterocycles. The van der Waals surface area contributed by atoms with E-state index in [1.54, 1.807) is 16.1 Å². The standard InChI is InChI=1S/C16H10N6S/c1-9-17-15-16(23-9)18-11-7-8-12-14(13(11)19-15)21-22(20-12)10-5-3-2-4-6-10/h2-8H,1H3. The van der Waals surface area contributed by atoms with Gasteiger partial charge in [0, 0.05) is 0 Å². The Bertz CT molecular complexity index is 1180. The van der Waals surface area contributed by atoms with Crippen molar-refractivity contribution in [3.8, 4) is 5.69 Å². The molecular formula is C16H10N6S. The van der Waals surface area contributed by atoms with Gasteiger partial charge < -0.3 is 0 Å². The van der Waals surface area contributed by atoms with E-state index in [0.717, 1.165) is 37.6 Å². The van der Waals surface area contributed by atoms with Crippen LogP contribution in [0.15, 0.2) is 42.5 Å². The fourth-order valence-electron chi connectivity index (χ4n) is 2.60. The van der Waals surface area contributed by atoms with E-state index in [1.165, 1.54) is 0 Å². The summed E-state index contributed by atoms with van der Waals surface area (Å²) in [5, 5.41) is 10.1. The third-order valence-corrected chi connectivity index (χ3v) is 4.49. The van der Waals surface area contributed by atoms with E-state index < -0.39 is 0 Å². The van der Waals surface area contributed by atoms with E-state index in [-0.39, 0.29) is 0 Å². The molecule has 0 unspecified atom stereocenters. The second-order valence-corrected chi connectivity index (χ2v) is 6.39. The maximum atomic E-state index is 4.65. The number of para-hydroxylation sites is 1. The summed E-state index contributed by atoms with van der Waals surface area (Å²) >= 11 is 1.55. The van der Waals surface area contributed by atoms with Gasteiger partial charge in [-0.3, -0.25) is 0 Å². The Balaban J connectivity index is 1.84. The topological polar surface area (TPSA) is 69.4 Å². The number of aromatic nitrogens is 6. The second-order valence-electron chi connectivity index (χ2n) is 5.21. The smallest absolute Gasteiger partial charge is 0.190 e. The first-order valence-corrected chi connectivity index (χ1v) is 7.96. The van der Waals surface area contributed by atoms with Crippen molar-refractivity contribution in [3.05, 3.63) is 47.5 Å². The molecule has 0 saturated heterocycles. The number of hydrogen-bond acceptors (Lipinski definition) is 6. The van der Waals surface area contributed by atoms with Gasteiger partial charge in [-0.05, 0) is 31.2 Å². The third kappa shape index (κ3) is 1.90. The average Bonchev–Trinajstić information content (AvgIpc) is 3.15. The molecule has 0 N–H and O–H groups in total. The molecule has 0 aliphatic carbocycles. The summed E-state index contributed by atoms with van der Waals surface area (Å²) in [4.78, 5) is 16.2. The molecule has 3 aromatic heterocycles. The molecule has 110 valence electrons. The molecule has 5 aromatic rings. The van der Waals surface area contributed by atoms with Gasteiger partial charge in [0.2, 0.25) is 0 Å². The van der Waals surface area contributed by atoms with E-state index >= 15 is 0 Å². The van der Waals surface area contributed by atoms with E-state index in [0.29, 0.717) is 5.65 Å². The van der Waals surface area contributed by atoms with Gasteiger partial charge in [0.15, 0.2) is 10.5 Å². The maximum absolute atomic E-state index is 4.65. The van der Waals surface area contributed by atoms with Crippen molar-refractivity contribution in [2.24, 2.45) is 0 Å². The maximum Gasteiger partial charge on any atom is 0.190 e. The monoisotopic (exact) mass is 318 g/mol. The highest BCUT2D eigenvalue weighted by Gasteiger charge is 2.13. The number of rotatable bonds is 1. The first kappa shape index (κ1) is 12.6. The van der Waals surface area contributed by atoms with Crippen LogP contribution in [0.1, 0.15) is 5.01 Å². The zero-order valence-corrected chi connectivity index (χ0v) is 12.9. The SMILES string of the molecule is Cc1nc2nc3c(ccc4nn(-c5ccccc5)nc43)nc2s1. The van der Waals surface area contributed by atoms with Crippen molar-refractivity contribution in [1.29, 1.82) is 0 Å². The molecule has 2 aromatic carbocycles. The van der Waals surface area contributed by atoms with Crippen LogP contribution in [0.2, 0.25) is 0 Å². The molecular weight excluding hydrogens is 308 g/mol. The van der Waals surface area contributed by atoms with E-state index in [9.17, 15) is 0 Å². The lowest BCUT2D eigenvalue weighted by molar-refractivity contribution is 0.766. The van der Waals surface area contributed by atoms with Crippen LogP contribution in [0, 0.1) is 6.92 Å². The number of hydrogen-bond donors (Lipinski definition) is 0. The molecule has 0 spiro atoms. The number of fused-ring (bicyclic) bond motifs is 4. The minimum absolute atomic E-state index is 0.668. The predicted octanol–water partition coefficient (Wildman–Crippen LogP) is 3.28. The van der Waals surface area contributed by atoms with Gasteiger partial charge in [-0.15, -0.1) is 10.2 Å². The summed E-state index contributed by atoms with van der Waals surface area (Å²) < 4.78 is 0. The van der Waals surface area contributed by atoms with Crippen LogP contribution in [-0.4, -0.2) is 29.9 Å². The summed E-state index contributed by atoms with van der Waals surface area (Å²) in [5.74, 6) is 0. The van der Waals surface area contributed by atoms with Crippen molar-refractivity contribution in [1.82, 2.24) is 29.9 Å². The fraction of sp³-hybridized carbons (Fsp3) is 0.0625. The molecule has 0 radical (unpaired) electrons. The lowest BCUT2D eigenvalue weighted by Crippen LogP contribution is -1.97. The van der Waals surface area contributed by atoms with Gasteiger partial charge in [-0.1, -0.05) is 29.5 Å². The molecule has 0 atom stereocenters. The number of aryl methyl sites for hydroxylation is 1. The number of benzene rings is 2. The Morgan fingerprint density at radius 2 is 1.65 bits per heavy atom. The second kappa shape index (κ2) is 4.53. The molecule has 0 aliphatic rings. The van der Waals surface area contributed by atoms with Gasteiger partial charge in [0.25, 0.3) is 0 Å². The van der Waals surface area contributed by atoms with Gasteiger partial charge in [-0.25, -0.2) is 15.0 Å². The number of nitrogens with zero attached hydrogens (tertiary/aromatic N) is 6. The van der Waals surface area contributed by atoms with Gasteiger partial charge in [0.1, 0.15) is 16.6 Å². The molecule has 0 amide bonds. The van der Waals surface area contributed by atoms with Gasteiger partial charge >= 0.3 is 0 Å². The van der Waals surface area contributed by atoms with Crippen molar-refractivity contribution in [3.63, 3.8) is 0 Å². The van der Waals surface area contributed by atoms with Crippen molar-refractivity contribution in [2.45, 2.75) is 6.92 Å². The lowest BCUT2D eigenvalue weighted by Gasteiger charge is -1.96. The van der Waals surface area contributed by atoms with Gasteiger partial charge in [0.05, 0.1) is 16.2 Å². The highest BCUT2D eigenvalue weighted by Crippen LogP contribution is 2.25. The van der Waals surface area contributed by atoms with E-state index in [1.807, 2.05) is 49.4 Å². The van der Waals surface area contributed by atoms with Crippen LogP contribution in [0.25, 0.3) is 38.2 Å². The zero-order valence-electron chi connectivity index (χ0n) is 12.1. The largest absolute Gasteiger partial charge is 0.232 e. The van der Waals surface area contributed by atoms with Gasteiger partial charge in [-0.2, -0.15) is 4.80 Å². The fourth-order valence-corrected chi connectivity index (χ4v) is 3.34. The average molecular weight is 318 g/mol. The predicted molar refractivity (Wildman–Crippen MR) is 89.9 cm³/mol. The Morgan fingerprint density at radius 3 is 2.52 bits per heavy atom. The molecule has 5 rings (SSSR count). The summed E-state index contributed by atoms with van der Waals surface area (Å²) in [6.07, 6.45) is 0. The Hall–Kier alpha value is -2.93. The van der Waals surface area contributed by atoms with Crippen LogP contribution in [0.5, 0.6) is 0 Å².